The molecule has 1 aliphatic rings. The fraction of sp³-hybridized carbons (Fsp3) is 0.438. The summed E-state index contributed by atoms with van der Waals surface area (Å²) in [6.07, 6.45) is 7.83. The molecule has 0 saturated carbocycles. The zero-order valence-electron chi connectivity index (χ0n) is 13.1. The molecular formula is C16H21N5O2. The number of amides is 2. The van der Waals surface area contributed by atoms with E-state index in [1.807, 2.05) is 25.4 Å². The molecule has 7 nitrogen and oxygen atoms in total. The van der Waals surface area contributed by atoms with Gasteiger partial charge in [-0.05, 0) is 30.0 Å². The van der Waals surface area contributed by atoms with Gasteiger partial charge in [0, 0.05) is 38.7 Å². The quantitative estimate of drug-likeness (QED) is 0.870. The van der Waals surface area contributed by atoms with Crippen LogP contribution >= 0.6 is 0 Å². The Bertz CT molecular complexity index is 658. The Morgan fingerprint density at radius 3 is 3.00 bits per heavy atom. The lowest BCUT2D eigenvalue weighted by molar-refractivity contribution is 0.122. The molecule has 1 fully saturated rings. The Morgan fingerprint density at radius 1 is 1.43 bits per heavy atom. The minimum atomic E-state index is -0.501. The summed E-state index contributed by atoms with van der Waals surface area (Å²) in [6.45, 7) is 0.990. The molecule has 0 radical (unpaired) electrons. The van der Waals surface area contributed by atoms with Crippen molar-refractivity contribution in [3.63, 3.8) is 0 Å². The lowest BCUT2D eigenvalue weighted by Crippen LogP contribution is -2.46. The normalized spacial score (nSPS) is 20.7. The topological polar surface area (TPSA) is 83.3 Å². The third-order valence-electron chi connectivity index (χ3n) is 4.14. The Hall–Kier alpha value is -2.41. The van der Waals surface area contributed by atoms with Crippen LogP contribution in [0.3, 0.4) is 0 Å². The fourth-order valence-electron chi connectivity index (χ4n) is 2.94. The maximum atomic E-state index is 12.4. The molecule has 0 aromatic carbocycles. The molecule has 122 valence electrons. The highest BCUT2D eigenvalue weighted by Crippen LogP contribution is 2.22. The first kappa shape index (κ1) is 15.5. The summed E-state index contributed by atoms with van der Waals surface area (Å²) in [7, 11) is 1.85. The highest BCUT2D eigenvalue weighted by molar-refractivity contribution is 5.75. The van der Waals surface area contributed by atoms with Crippen LogP contribution in [-0.2, 0) is 20.0 Å². The minimum absolute atomic E-state index is 0.153. The summed E-state index contributed by atoms with van der Waals surface area (Å²) in [6, 6.07) is 3.39. The third kappa shape index (κ3) is 3.68. The number of pyridine rings is 1. The highest BCUT2D eigenvalue weighted by atomic mass is 16.3. The van der Waals surface area contributed by atoms with E-state index >= 15 is 0 Å². The summed E-state index contributed by atoms with van der Waals surface area (Å²) in [5, 5.41) is 17.2. The zero-order valence-corrected chi connectivity index (χ0v) is 13.1. The van der Waals surface area contributed by atoms with Crippen molar-refractivity contribution >= 4 is 6.03 Å². The van der Waals surface area contributed by atoms with Gasteiger partial charge in [-0.2, -0.15) is 5.10 Å². The molecule has 2 aromatic heterocycles. The van der Waals surface area contributed by atoms with E-state index < -0.39 is 6.10 Å². The number of aromatic nitrogens is 3. The van der Waals surface area contributed by atoms with Gasteiger partial charge in [-0.3, -0.25) is 9.67 Å². The summed E-state index contributed by atoms with van der Waals surface area (Å²) >= 11 is 0. The molecule has 0 bridgehead atoms. The van der Waals surface area contributed by atoms with Crippen molar-refractivity contribution < 1.29 is 9.90 Å². The van der Waals surface area contributed by atoms with Crippen molar-refractivity contribution in [3.8, 4) is 0 Å². The molecule has 2 atom stereocenters. The molecular weight excluding hydrogens is 294 g/mol. The van der Waals surface area contributed by atoms with E-state index in [0.717, 1.165) is 11.1 Å². The van der Waals surface area contributed by atoms with Gasteiger partial charge in [0.1, 0.15) is 0 Å². The first-order valence-electron chi connectivity index (χ1n) is 7.72. The fourth-order valence-corrected chi connectivity index (χ4v) is 2.94. The van der Waals surface area contributed by atoms with Gasteiger partial charge >= 0.3 is 6.03 Å². The van der Waals surface area contributed by atoms with Gasteiger partial charge in [0.15, 0.2) is 0 Å². The molecule has 2 aromatic rings. The van der Waals surface area contributed by atoms with Crippen molar-refractivity contribution in [1.29, 1.82) is 0 Å². The molecule has 23 heavy (non-hydrogen) atoms. The van der Waals surface area contributed by atoms with E-state index in [1.165, 1.54) is 0 Å². The standard InChI is InChI=1S/C16H21N5O2/c1-20-11-13(10-19-20)7-14-15(22)4-6-21(14)16(23)18-9-12-3-2-5-17-8-12/h2-3,5,8,10-11,14-15,22H,4,6-7,9H2,1H3,(H,18,23)/t14-,15-/m0/s1. The van der Waals surface area contributed by atoms with E-state index in [0.29, 0.717) is 25.9 Å². The monoisotopic (exact) mass is 315 g/mol. The molecule has 1 saturated heterocycles. The molecule has 0 spiro atoms. The number of aliphatic hydroxyl groups is 1. The molecule has 0 aliphatic carbocycles. The van der Waals surface area contributed by atoms with E-state index in [1.54, 1.807) is 28.2 Å². The number of hydrogen-bond donors (Lipinski definition) is 2. The predicted molar refractivity (Wildman–Crippen MR) is 84.5 cm³/mol. The van der Waals surface area contributed by atoms with Crippen LogP contribution in [0.25, 0.3) is 0 Å². The Kier molecular flexibility index (Phi) is 4.57. The third-order valence-corrected chi connectivity index (χ3v) is 4.14. The Labute approximate surface area is 134 Å². The molecule has 1 aliphatic heterocycles. The number of likely N-dealkylation sites (tertiary alicyclic amines) is 1. The highest BCUT2D eigenvalue weighted by Gasteiger charge is 2.36. The summed E-state index contributed by atoms with van der Waals surface area (Å²) < 4.78 is 1.73. The van der Waals surface area contributed by atoms with E-state index in [4.69, 9.17) is 0 Å². The van der Waals surface area contributed by atoms with Gasteiger partial charge in [-0.15, -0.1) is 0 Å². The number of carbonyl (C=O) groups is 1. The number of nitrogens with zero attached hydrogens (tertiary/aromatic N) is 4. The van der Waals surface area contributed by atoms with Gasteiger partial charge in [-0.1, -0.05) is 6.07 Å². The van der Waals surface area contributed by atoms with Gasteiger partial charge in [0.05, 0.1) is 18.3 Å². The van der Waals surface area contributed by atoms with Crippen molar-refractivity contribution in [1.82, 2.24) is 25.0 Å². The second-order valence-corrected chi connectivity index (χ2v) is 5.86. The predicted octanol–water partition coefficient (Wildman–Crippen LogP) is 0.703. The van der Waals surface area contributed by atoms with E-state index in [9.17, 15) is 9.90 Å². The molecule has 3 rings (SSSR count). The van der Waals surface area contributed by atoms with Crippen molar-refractivity contribution in [3.05, 3.63) is 48.0 Å². The number of rotatable bonds is 4. The van der Waals surface area contributed by atoms with Gasteiger partial charge in [0.25, 0.3) is 0 Å². The maximum absolute atomic E-state index is 12.4. The summed E-state index contributed by atoms with van der Waals surface area (Å²) in [4.78, 5) is 18.2. The molecule has 2 N–H and O–H groups in total. The first-order valence-corrected chi connectivity index (χ1v) is 7.72. The number of nitrogens with one attached hydrogen (secondary N) is 1. The molecule has 0 unspecified atom stereocenters. The van der Waals surface area contributed by atoms with E-state index in [-0.39, 0.29) is 12.1 Å². The lowest BCUT2D eigenvalue weighted by Gasteiger charge is -2.26. The summed E-state index contributed by atoms with van der Waals surface area (Å²) in [5.74, 6) is 0. The number of hydrogen-bond acceptors (Lipinski definition) is 4. The largest absolute Gasteiger partial charge is 0.391 e. The Morgan fingerprint density at radius 2 is 2.30 bits per heavy atom. The van der Waals surface area contributed by atoms with Crippen LogP contribution in [0.1, 0.15) is 17.5 Å². The second-order valence-electron chi connectivity index (χ2n) is 5.86. The van der Waals surface area contributed by atoms with Gasteiger partial charge in [-0.25, -0.2) is 4.79 Å². The number of urea groups is 1. The number of carbonyl (C=O) groups excluding carboxylic acids is 1. The second kappa shape index (κ2) is 6.78. The SMILES string of the molecule is Cn1cc(C[C@H]2[C@@H](O)CCN2C(=O)NCc2cccnc2)cn1. The van der Waals surface area contributed by atoms with Gasteiger partial charge in [0.2, 0.25) is 0 Å². The smallest absolute Gasteiger partial charge is 0.318 e. The van der Waals surface area contributed by atoms with Crippen LogP contribution in [-0.4, -0.2) is 49.5 Å². The van der Waals surface area contributed by atoms with Crippen LogP contribution in [0, 0.1) is 0 Å². The average molecular weight is 315 g/mol. The van der Waals surface area contributed by atoms with Crippen LogP contribution in [0.5, 0.6) is 0 Å². The summed E-state index contributed by atoms with van der Waals surface area (Å²) in [5.41, 5.74) is 1.97. The Balaban J connectivity index is 1.61. The first-order chi connectivity index (χ1) is 11.1. The van der Waals surface area contributed by atoms with E-state index in [2.05, 4.69) is 15.4 Å². The minimum Gasteiger partial charge on any atom is -0.391 e. The van der Waals surface area contributed by atoms with Crippen molar-refractivity contribution in [2.24, 2.45) is 7.05 Å². The number of aliphatic hydroxyl groups excluding tert-OH is 1. The molecule has 7 heteroatoms. The number of aryl methyl sites for hydroxylation is 1. The van der Waals surface area contributed by atoms with Crippen molar-refractivity contribution in [2.45, 2.75) is 31.5 Å². The lowest BCUT2D eigenvalue weighted by atomic mass is 10.1. The van der Waals surface area contributed by atoms with Crippen LogP contribution < -0.4 is 5.32 Å². The van der Waals surface area contributed by atoms with Gasteiger partial charge < -0.3 is 15.3 Å². The average Bonchev–Trinajstić information content (AvgIpc) is 3.13. The van der Waals surface area contributed by atoms with Crippen molar-refractivity contribution in [2.75, 3.05) is 6.54 Å². The molecule has 3 heterocycles. The maximum Gasteiger partial charge on any atom is 0.318 e. The zero-order chi connectivity index (χ0) is 16.2. The molecule has 2 amide bonds. The van der Waals surface area contributed by atoms with Crippen LogP contribution in [0.15, 0.2) is 36.9 Å². The van der Waals surface area contributed by atoms with Crippen LogP contribution in [0.2, 0.25) is 0 Å². The van der Waals surface area contributed by atoms with Crippen LogP contribution in [0.4, 0.5) is 4.79 Å².